The zero-order valence-electron chi connectivity index (χ0n) is 17.0. The highest BCUT2D eigenvalue weighted by Gasteiger charge is 2.09. The Kier molecular flexibility index (Phi) is 6.33. The van der Waals surface area contributed by atoms with Gasteiger partial charge in [-0.15, -0.1) is 0 Å². The fraction of sp³-hybridized carbons (Fsp3) is 0. The van der Waals surface area contributed by atoms with Crippen LogP contribution < -0.4 is 20.7 Å². The standard InChI is InChI=1S/C24H20N6O2/c1-2-21(31)32-20-15-9-14-19(16-20)27-24-29-22(25-17-10-5-3-6-11-17)28-23(30-24)26-18-12-7-4-8-13-18/h2-16H,1H2,(H3,25,26,27,28,29,30). The van der Waals surface area contributed by atoms with Gasteiger partial charge in [0.2, 0.25) is 17.8 Å². The van der Waals surface area contributed by atoms with E-state index < -0.39 is 5.97 Å². The second-order valence-corrected chi connectivity index (χ2v) is 6.57. The van der Waals surface area contributed by atoms with Gasteiger partial charge in [-0.25, -0.2) is 4.79 Å². The normalized spacial score (nSPS) is 10.1. The van der Waals surface area contributed by atoms with Crippen molar-refractivity contribution in [3.05, 3.63) is 97.6 Å². The molecule has 0 unspecified atom stereocenters. The Bertz CT molecular complexity index is 1160. The number of benzene rings is 3. The first kappa shape index (κ1) is 20.5. The van der Waals surface area contributed by atoms with Crippen LogP contribution in [-0.2, 0) is 4.79 Å². The Morgan fingerprint density at radius 1 is 0.688 bits per heavy atom. The first-order valence-corrected chi connectivity index (χ1v) is 9.79. The number of para-hydroxylation sites is 2. The summed E-state index contributed by atoms with van der Waals surface area (Å²) in [4.78, 5) is 24.9. The largest absolute Gasteiger partial charge is 0.423 e. The Morgan fingerprint density at radius 2 is 1.16 bits per heavy atom. The molecule has 0 spiro atoms. The second-order valence-electron chi connectivity index (χ2n) is 6.57. The van der Waals surface area contributed by atoms with E-state index in [9.17, 15) is 4.79 Å². The monoisotopic (exact) mass is 424 g/mol. The van der Waals surface area contributed by atoms with E-state index in [0.29, 0.717) is 29.3 Å². The number of carbonyl (C=O) groups is 1. The van der Waals surface area contributed by atoms with E-state index >= 15 is 0 Å². The smallest absolute Gasteiger partial charge is 0.335 e. The van der Waals surface area contributed by atoms with E-state index in [0.717, 1.165) is 17.5 Å². The van der Waals surface area contributed by atoms with Crippen LogP contribution in [0, 0.1) is 0 Å². The number of anilines is 6. The Hall–Kier alpha value is -4.72. The number of esters is 1. The Morgan fingerprint density at radius 3 is 1.66 bits per heavy atom. The second kappa shape index (κ2) is 9.86. The number of rotatable bonds is 8. The van der Waals surface area contributed by atoms with Crippen molar-refractivity contribution in [2.45, 2.75) is 0 Å². The molecule has 158 valence electrons. The number of nitrogens with zero attached hydrogens (tertiary/aromatic N) is 3. The highest BCUT2D eigenvalue weighted by Crippen LogP contribution is 2.23. The lowest BCUT2D eigenvalue weighted by Crippen LogP contribution is -2.07. The lowest BCUT2D eigenvalue weighted by molar-refractivity contribution is -0.128. The molecule has 3 N–H and O–H groups in total. The van der Waals surface area contributed by atoms with Gasteiger partial charge >= 0.3 is 5.97 Å². The van der Waals surface area contributed by atoms with Crippen molar-refractivity contribution in [1.29, 1.82) is 0 Å². The number of aromatic nitrogens is 3. The van der Waals surface area contributed by atoms with E-state index in [-0.39, 0.29) is 0 Å². The number of hydrogen-bond acceptors (Lipinski definition) is 8. The van der Waals surface area contributed by atoms with Gasteiger partial charge < -0.3 is 20.7 Å². The van der Waals surface area contributed by atoms with Crippen LogP contribution in [0.25, 0.3) is 0 Å². The van der Waals surface area contributed by atoms with Crippen molar-refractivity contribution in [3.63, 3.8) is 0 Å². The summed E-state index contributed by atoms with van der Waals surface area (Å²) in [6.45, 7) is 3.40. The predicted molar refractivity (Wildman–Crippen MR) is 125 cm³/mol. The fourth-order valence-electron chi connectivity index (χ4n) is 2.77. The first-order valence-electron chi connectivity index (χ1n) is 9.79. The molecule has 1 heterocycles. The van der Waals surface area contributed by atoms with Gasteiger partial charge in [-0.05, 0) is 36.4 Å². The lowest BCUT2D eigenvalue weighted by atomic mass is 10.3. The summed E-state index contributed by atoms with van der Waals surface area (Å²) in [6, 6.07) is 26.1. The van der Waals surface area contributed by atoms with Crippen LogP contribution in [-0.4, -0.2) is 20.9 Å². The molecular formula is C24H20N6O2. The molecule has 0 saturated carbocycles. The Labute approximate surface area is 185 Å². The summed E-state index contributed by atoms with van der Waals surface area (Å²) < 4.78 is 5.17. The Balaban J connectivity index is 1.62. The van der Waals surface area contributed by atoms with Gasteiger partial charge in [0.25, 0.3) is 0 Å². The van der Waals surface area contributed by atoms with Gasteiger partial charge in [-0.3, -0.25) is 0 Å². The number of hydrogen-bond donors (Lipinski definition) is 3. The molecule has 3 aromatic carbocycles. The minimum absolute atomic E-state index is 0.309. The van der Waals surface area contributed by atoms with Crippen molar-refractivity contribution in [2.24, 2.45) is 0 Å². The first-order chi connectivity index (χ1) is 15.7. The summed E-state index contributed by atoms with van der Waals surface area (Å²) in [6.07, 6.45) is 1.11. The van der Waals surface area contributed by atoms with Gasteiger partial charge in [0.1, 0.15) is 5.75 Å². The minimum Gasteiger partial charge on any atom is -0.423 e. The highest BCUT2D eigenvalue weighted by molar-refractivity contribution is 5.83. The summed E-state index contributed by atoms with van der Waals surface area (Å²) >= 11 is 0. The molecule has 1 aromatic heterocycles. The van der Waals surface area contributed by atoms with Crippen LogP contribution in [0.5, 0.6) is 5.75 Å². The molecule has 0 fully saturated rings. The molecular weight excluding hydrogens is 404 g/mol. The van der Waals surface area contributed by atoms with Crippen molar-refractivity contribution in [2.75, 3.05) is 16.0 Å². The summed E-state index contributed by atoms with van der Waals surface area (Å²) in [5.74, 6) is 0.872. The third-order valence-corrected chi connectivity index (χ3v) is 4.17. The average Bonchev–Trinajstić information content (AvgIpc) is 2.80. The molecule has 4 aromatic rings. The summed E-state index contributed by atoms with van der Waals surface area (Å²) in [7, 11) is 0. The van der Waals surface area contributed by atoms with Crippen molar-refractivity contribution >= 4 is 40.9 Å². The molecule has 0 aliphatic heterocycles. The molecule has 0 bridgehead atoms. The lowest BCUT2D eigenvalue weighted by Gasteiger charge is -2.12. The maximum atomic E-state index is 11.5. The molecule has 0 aliphatic carbocycles. The predicted octanol–water partition coefficient (Wildman–Crippen LogP) is 5.19. The third kappa shape index (κ3) is 5.67. The number of ether oxygens (including phenoxy) is 1. The van der Waals surface area contributed by atoms with E-state index in [1.165, 1.54) is 0 Å². The molecule has 0 radical (unpaired) electrons. The minimum atomic E-state index is -0.536. The van der Waals surface area contributed by atoms with Crippen LogP contribution in [0.4, 0.5) is 34.9 Å². The van der Waals surface area contributed by atoms with Gasteiger partial charge in [0, 0.05) is 29.2 Å². The quantitative estimate of drug-likeness (QED) is 0.202. The molecule has 8 nitrogen and oxygen atoms in total. The maximum Gasteiger partial charge on any atom is 0.335 e. The van der Waals surface area contributed by atoms with Gasteiger partial charge in [-0.1, -0.05) is 49.0 Å². The third-order valence-electron chi connectivity index (χ3n) is 4.17. The molecule has 4 rings (SSSR count). The molecule has 8 heteroatoms. The van der Waals surface area contributed by atoms with Crippen molar-refractivity contribution < 1.29 is 9.53 Å². The van der Waals surface area contributed by atoms with Crippen molar-refractivity contribution in [1.82, 2.24) is 15.0 Å². The van der Waals surface area contributed by atoms with E-state index in [1.54, 1.807) is 18.2 Å². The average molecular weight is 424 g/mol. The zero-order valence-corrected chi connectivity index (χ0v) is 17.0. The summed E-state index contributed by atoms with van der Waals surface area (Å²) in [5.41, 5.74) is 2.32. The van der Waals surface area contributed by atoms with E-state index in [4.69, 9.17) is 4.74 Å². The topological polar surface area (TPSA) is 101 Å². The van der Waals surface area contributed by atoms with Gasteiger partial charge in [0.05, 0.1) is 0 Å². The SMILES string of the molecule is C=CC(=O)Oc1cccc(Nc2nc(Nc3ccccc3)nc(Nc3ccccc3)n2)c1. The van der Waals surface area contributed by atoms with Crippen LogP contribution in [0.15, 0.2) is 97.6 Å². The summed E-state index contributed by atoms with van der Waals surface area (Å²) in [5, 5.41) is 9.49. The van der Waals surface area contributed by atoms with Gasteiger partial charge in [0.15, 0.2) is 0 Å². The number of nitrogens with one attached hydrogen (secondary N) is 3. The van der Waals surface area contributed by atoms with Crippen molar-refractivity contribution in [3.8, 4) is 5.75 Å². The van der Waals surface area contributed by atoms with Crippen LogP contribution in [0.2, 0.25) is 0 Å². The van der Waals surface area contributed by atoms with Crippen LogP contribution >= 0.6 is 0 Å². The van der Waals surface area contributed by atoms with E-state index in [1.807, 2.05) is 66.7 Å². The molecule has 32 heavy (non-hydrogen) atoms. The molecule has 0 atom stereocenters. The molecule has 0 amide bonds. The van der Waals surface area contributed by atoms with Crippen LogP contribution in [0.3, 0.4) is 0 Å². The zero-order chi connectivity index (χ0) is 22.2. The molecule has 0 saturated heterocycles. The highest BCUT2D eigenvalue weighted by atomic mass is 16.5. The maximum absolute atomic E-state index is 11.5. The van der Waals surface area contributed by atoms with E-state index in [2.05, 4.69) is 37.5 Å². The fourth-order valence-corrected chi connectivity index (χ4v) is 2.77. The molecule has 0 aliphatic rings. The van der Waals surface area contributed by atoms with Gasteiger partial charge in [-0.2, -0.15) is 15.0 Å². The number of carbonyl (C=O) groups excluding carboxylic acids is 1. The van der Waals surface area contributed by atoms with Crippen LogP contribution in [0.1, 0.15) is 0 Å².